The fraction of sp³-hybridized carbons (Fsp3) is 0.273. The molecule has 0 heterocycles. The highest BCUT2D eigenvalue weighted by molar-refractivity contribution is 6.13. The molecule has 1 aliphatic carbocycles. The van der Waals surface area contributed by atoms with Gasteiger partial charge in [-0.25, -0.2) is 0 Å². The van der Waals surface area contributed by atoms with Crippen LogP contribution in [0.2, 0.25) is 5.82 Å². The number of allylic oxidation sites excluding steroid dienone is 7. The zero-order valence-corrected chi connectivity index (χ0v) is 7.61. The largest absolute Gasteiger partial charge is 0.111 e. The summed E-state index contributed by atoms with van der Waals surface area (Å²) in [5.74, 6) is 1.29. The van der Waals surface area contributed by atoms with E-state index in [2.05, 4.69) is 44.8 Å². The summed E-state index contributed by atoms with van der Waals surface area (Å²) in [6.07, 6.45) is 16.0. The van der Waals surface area contributed by atoms with Gasteiger partial charge in [-0.2, -0.15) is 0 Å². The van der Waals surface area contributed by atoms with Gasteiger partial charge in [0, 0.05) is 0 Å². The molecule has 0 bridgehead atoms. The van der Waals surface area contributed by atoms with Crippen LogP contribution in [0.3, 0.4) is 0 Å². The summed E-state index contributed by atoms with van der Waals surface area (Å²) in [5, 5.41) is 0. The number of hydrogen-bond donors (Lipinski definition) is 0. The Morgan fingerprint density at radius 2 is 2.33 bits per heavy atom. The van der Waals surface area contributed by atoms with Crippen molar-refractivity contribution in [2.45, 2.75) is 12.2 Å². The first-order valence-corrected chi connectivity index (χ1v) is 4.47. The summed E-state index contributed by atoms with van der Waals surface area (Å²) in [6, 6.07) is 0. The molecule has 1 heteroatoms. The van der Waals surface area contributed by atoms with Crippen LogP contribution < -0.4 is 0 Å². The fourth-order valence-corrected chi connectivity index (χ4v) is 1.39. The van der Waals surface area contributed by atoms with Crippen molar-refractivity contribution in [3.63, 3.8) is 0 Å². The average molecular weight is 158 g/mol. The minimum absolute atomic E-state index is 0.615. The van der Waals surface area contributed by atoms with E-state index in [1.54, 1.807) is 0 Å². The normalized spacial score (nSPS) is 24.5. The van der Waals surface area contributed by atoms with Crippen molar-refractivity contribution in [1.29, 1.82) is 0 Å². The molecule has 0 radical (unpaired) electrons. The number of rotatable bonds is 3. The molecule has 0 amide bonds. The number of hydrogen-bond acceptors (Lipinski definition) is 0. The SMILES string of the molecule is BC(/C=C\C=C)C1C=CC=CC1. The van der Waals surface area contributed by atoms with Crippen molar-refractivity contribution < 1.29 is 0 Å². The topological polar surface area (TPSA) is 0 Å². The van der Waals surface area contributed by atoms with Gasteiger partial charge in [0.25, 0.3) is 0 Å². The minimum atomic E-state index is 0.615. The van der Waals surface area contributed by atoms with Crippen LogP contribution in [-0.2, 0) is 0 Å². The maximum Gasteiger partial charge on any atom is 0.111 e. The summed E-state index contributed by atoms with van der Waals surface area (Å²) in [6.45, 7) is 3.66. The lowest BCUT2D eigenvalue weighted by Crippen LogP contribution is -2.05. The van der Waals surface area contributed by atoms with Gasteiger partial charge in [-0.05, 0) is 18.2 Å². The van der Waals surface area contributed by atoms with E-state index in [-0.39, 0.29) is 0 Å². The van der Waals surface area contributed by atoms with E-state index in [1.165, 1.54) is 6.42 Å². The zero-order valence-electron chi connectivity index (χ0n) is 7.61. The molecule has 0 nitrogen and oxygen atoms in total. The molecular formula is C11H15B. The Kier molecular flexibility index (Phi) is 3.66. The lowest BCUT2D eigenvalue weighted by Gasteiger charge is -2.17. The second-order valence-corrected chi connectivity index (χ2v) is 3.19. The molecule has 0 saturated carbocycles. The van der Waals surface area contributed by atoms with Gasteiger partial charge in [-0.1, -0.05) is 49.1 Å². The molecule has 0 N–H and O–H groups in total. The lowest BCUT2D eigenvalue weighted by molar-refractivity contribution is 0.668. The van der Waals surface area contributed by atoms with E-state index >= 15 is 0 Å². The smallest absolute Gasteiger partial charge is 0.0991 e. The Balaban J connectivity index is 2.47. The van der Waals surface area contributed by atoms with Crippen LogP contribution in [0.25, 0.3) is 0 Å². The van der Waals surface area contributed by atoms with Gasteiger partial charge in [-0.3, -0.25) is 0 Å². The third-order valence-corrected chi connectivity index (χ3v) is 2.24. The van der Waals surface area contributed by atoms with Gasteiger partial charge in [0.15, 0.2) is 0 Å². The van der Waals surface area contributed by atoms with Crippen LogP contribution in [0.1, 0.15) is 6.42 Å². The van der Waals surface area contributed by atoms with Crippen molar-refractivity contribution in [3.05, 3.63) is 49.1 Å². The van der Waals surface area contributed by atoms with E-state index in [1.807, 2.05) is 12.2 Å². The summed E-state index contributed by atoms with van der Waals surface area (Å²) in [5.41, 5.74) is 0. The molecule has 0 fully saturated rings. The third-order valence-electron chi connectivity index (χ3n) is 2.24. The first kappa shape index (κ1) is 9.12. The third kappa shape index (κ3) is 2.57. The van der Waals surface area contributed by atoms with Gasteiger partial charge in [-0.15, -0.1) is 0 Å². The van der Waals surface area contributed by atoms with Crippen molar-refractivity contribution in [3.8, 4) is 0 Å². The average Bonchev–Trinajstić information content (AvgIpc) is 2.15. The zero-order chi connectivity index (χ0) is 8.81. The van der Waals surface area contributed by atoms with Gasteiger partial charge in [0.05, 0.1) is 0 Å². The quantitative estimate of drug-likeness (QED) is 0.436. The molecule has 1 rings (SSSR count). The molecule has 0 aromatic rings. The highest BCUT2D eigenvalue weighted by atomic mass is 14.1. The monoisotopic (exact) mass is 158 g/mol. The Hall–Kier alpha value is -0.975. The Morgan fingerprint density at radius 3 is 2.92 bits per heavy atom. The maximum absolute atomic E-state index is 3.66. The molecule has 62 valence electrons. The maximum atomic E-state index is 3.66. The Labute approximate surface area is 75.8 Å². The highest BCUT2D eigenvalue weighted by Gasteiger charge is 2.10. The minimum Gasteiger partial charge on any atom is -0.0991 e. The lowest BCUT2D eigenvalue weighted by atomic mass is 9.74. The van der Waals surface area contributed by atoms with Gasteiger partial charge in [0.2, 0.25) is 0 Å². The molecule has 0 spiro atoms. The molecule has 12 heavy (non-hydrogen) atoms. The summed E-state index contributed by atoms with van der Waals surface area (Å²) >= 11 is 0. The van der Waals surface area contributed by atoms with E-state index in [0.717, 1.165) is 0 Å². The molecule has 2 atom stereocenters. The van der Waals surface area contributed by atoms with Crippen molar-refractivity contribution >= 4 is 7.85 Å². The van der Waals surface area contributed by atoms with Crippen LogP contribution in [-0.4, -0.2) is 7.85 Å². The van der Waals surface area contributed by atoms with Crippen LogP contribution >= 0.6 is 0 Å². The summed E-state index contributed by atoms with van der Waals surface area (Å²) < 4.78 is 0. The first-order valence-electron chi connectivity index (χ1n) is 4.47. The molecular weight excluding hydrogens is 143 g/mol. The van der Waals surface area contributed by atoms with Crippen LogP contribution in [0, 0.1) is 5.92 Å². The van der Waals surface area contributed by atoms with Crippen LogP contribution in [0.5, 0.6) is 0 Å². The predicted octanol–water partition coefficient (Wildman–Crippen LogP) is 2.28. The Morgan fingerprint density at radius 1 is 1.50 bits per heavy atom. The molecule has 0 aromatic heterocycles. The molecule has 1 aliphatic rings. The van der Waals surface area contributed by atoms with Gasteiger partial charge < -0.3 is 0 Å². The fourth-order valence-electron chi connectivity index (χ4n) is 1.39. The van der Waals surface area contributed by atoms with Crippen molar-refractivity contribution in [2.75, 3.05) is 0 Å². The van der Waals surface area contributed by atoms with Crippen molar-refractivity contribution in [1.82, 2.24) is 0 Å². The Bertz CT molecular complexity index is 223. The molecule has 0 aliphatic heterocycles. The molecule has 0 aromatic carbocycles. The second kappa shape index (κ2) is 4.81. The second-order valence-electron chi connectivity index (χ2n) is 3.19. The van der Waals surface area contributed by atoms with E-state index in [4.69, 9.17) is 0 Å². The van der Waals surface area contributed by atoms with Crippen molar-refractivity contribution in [2.24, 2.45) is 5.92 Å². The summed E-state index contributed by atoms with van der Waals surface area (Å²) in [7, 11) is 2.24. The van der Waals surface area contributed by atoms with Gasteiger partial charge >= 0.3 is 0 Å². The van der Waals surface area contributed by atoms with Gasteiger partial charge in [0.1, 0.15) is 7.85 Å². The van der Waals surface area contributed by atoms with E-state index < -0.39 is 0 Å². The van der Waals surface area contributed by atoms with E-state index in [0.29, 0.717) is 11.7 Å². The first-order chi connectivity index (χ1) is 5.84. The summed E-state index contributed by atoms with van der Waals surface area (Å²) in [4.78, 5) is 0. The molecule has 2 unspecified atom stereocenters. The standard InChI is InChI=1S/C11H15B/c1-2-3-9-11(12)10-7-5-4-6-8-10/h2-7,9-11H,1,8,12H2/b9-3-. The van der Waals surface area contributed by atoms with Crippen LogP contribution in [0.15, 0.2) is 49.1 Å². The van der Waals surface area contributed by atoms with E-state index in [9.17, 15) is 0 Å². The predicted molar refractivity (Wildman–Crippen MR) is 58.0 cm³/mol. The molecule has 0 saturated heterocycles. The highest BCUT2D eigenvalue weighted by Crippen LogP contribution is 2.24. The van der Waals surface area contributed by atoms with Crippen LogP contribution in [0.4, 0.5) is 0 Å².